The summed E-state index contributed by atoms with van der Waals surface area (Å²) in [6, 6.07) is 2.07. The number of rotatable bonds is 7. The molecule has 0 radical (unpaired) electrons. The van der Waals surface area contributed by atoms with E-state index in [9.17, 15) is 0 Å². The van der Waals surface area contributed by atoms with Gasteiger partial charge in [-0.1, -0.05) is 44.7 Å². The molecule has 2 rings (SSSR count). The zero-order valence-corrected chi connectivity index (χ0v) is 14.4. The van der Waals surface area contributed by atoms with Crippen molar-refractivity contribution < 1.29 is 0 Å². The molecule has 1 fully saturated rings. The van der Waals surface area contributed by atoms with Crippen LogP contribution in [-0.2, 0) is 0 Å². The van der Waals surface area contributed by atoms with Crippen molar-refractivity contribution in [1.82, 2.24) is 5.32 Å². The second-order valence-corrected chi connectivity index (χ2v) is 7.53. The predicted octanol–water partition coefficient (Wildman–Crippen LogP) is 5.70. The molecule has 1 aromatic heterocycles. The highest BCUT2D eigenvalue weighted by Crippen LogP contribution is 2.45. The molecule has 1 nitrogen and oxygen atoms in total. The Hall–Kier alpha value is -0.0500. The number of nitrogens with one attached hydrogen (secondary N) is 1. The molecule has 0 saturated heterocycles. The fourth-order valence-corrected chi connectivity index (χ4v) is 5.00. The fourth-order valence-electron chi connectivity index (χ4n) is 3.59. The Kier molecular flexibility index (Phi) is 6.86. The van der Waals surface area contributed by atoms with Gasteiger partial charge in [-0.2, -0.15) is 0 Å². The molecule has 1 heterocycles. The van der Waals surface area contributed by atoms with Gasteiger partial charge in [0.15, 0.2) is 0 Å². The number of thiophene rings is 1. The van der Waals surface area contributed by atoms with Gasteiger partial charge in [-0.05, 0) is 61.6 Å². The van der Waals surface area contributed by atoms with Crippen LogP contribution < -0.4 is 5.32 Å². The predicted molar refractivity (Wildman–Crippen MR) is 91.0 cm³/mol. The average molecular weight is 314 g/mol. The van der Waals surface area contributed by atoms with Gasteiger partial charge in [-0.25, -0.2) is 0 Å². The van der Waals surface area contributed by atoms with Gasteiger partial charge in [0.2, 0.25) is 0 Å². The highest BCUT2D eigenvalue weighted by atomic mass is 35.5. The van der Waals surface area contributed by atoms with E-state index in [1.165, 1.54) is 43.4 Å². The van der Waals surface area contributed by atoms with Crippen molar-refractivity contribution in [3.8, 4) is 0 Å². The lowest BCUT2D eigenvalue weighted by atomic mass is 9.72. The van der Waals surface area contributed by atoms with Crippen LogP contribution in [0.5, 0.6) is 0 Å². The van der Waals surface area contributed by atoms with E-state index >= 15 is 0 Å². The first-order valence-corrected chi connectivity index (χ1v) is 9.45. The molecule has 3 unspecified atom stereocenters. The summed E-state index contributed by atoms with van der Waals surface area (Å²) >= 11 is 8.27. The van der Waals surface area contributed by atoms with E-state index in [-0.39, 0.29) is 0 Å². The van der Waals surface area contributed by atoms with Gasteiger partial charge in [0.1, 0.15) is 0 Å². The Morgan fingerprint density at radius 2 is 2.15 bits per heavy atom. The number of hydrogen-bond acceptors (Lipinski definition) is 2. The molecule has 0 aliphatic heterocycles. The Balaban J connectivity index is 2.04. The molecule has 1 aliphatic carbocycles. The topological polar surface area (TPSA) is 12.0 Å². The summed E-state index contributed by atoms with van der Waals surface area (Å²) in [7, 11) is 0. The molecule has 0 amide bonds. The second-order valence-electron chi connectivity index (χ2n) is 6.17. The molecule has 1 saturated carbocycles. The lowest BCUT2D eigenvalue weighted by Gasteiger charge is -2.36. The maximum Gasteiger partial charge on any atom is 0.0547 e. The molecule has 0 aromatic carbocycles. The number of halogens is 1. The zero-order chi connectivity index (χ0) is 14.4. The van der Waals surface area contributed by atoms with Crippen molar-refractivity contribution in [2.75, 3.05) is 13.1 Å². The molecule has 3 heteroatoms. The lowest BCUT2D eigenvalue weighted by molar-refractivity contribution is 0.223. The quantitative estimate of drug-likeness (QED) is 0.636. The van der Waals surface area contributed by atoms with Gasteiger partial charge >= 0.3 is 0 Å². The Morgan fingerprint density at radius 1 is 1.30 bits per heavy atom. The molecule has 1 aromatic rings. The van der Waals surface area contributed by atoms with E-state index < -0.39 is 0 Å². The molecule has 1 N–H and O–H groups in total. The highest BCUT2D eigenvalue weighted by Gasteiger charge is 2.32. The van der Waals surface area contributed by atoms with Gasteiger partial charge in [0.25, 0.3) is 0 Å². The molecule has 1 aliphatic rings. The minimum atomic E-state index is 0.678. The van der Waals surface area contributed by atoms with Crippen molar-refractivity contribution in [2.45, 2.75) is 58.3 Å². The van der Waals surface area contributed by atoms with Gasteiger partial charge < -0.3 is 5.32 Å². The zero-order valence-electron chi connectivity index (χ0n) is 12.8. The van der Waals surface area contributed by atoms with Crippen LogP contribution in [0.2, 0.25) is 5.02 Å². The summed E-state index contributed by atoms with van der Waals surface area (Å²) in [5, 5.41) is 6.77. The van der Waals surface area contributed by atoms with Crippen molar-refractivity contribution in [1.29, 1.82) is 0 Å². The van der Waals surface area contributed by atoms with Crippen molar-refractivity contribution in [3.63, 3.8) is 0 Å². The lowest BCUT2D eigenvalue weighted by Crippen LogP contribution is -2.32. The summed E-state index contributed by atoms with van der Waals surface area (Å²) in [6.45, 7) is 6.84. The van der Waals surface area contributed by atoms with Crippen molar-refractivity contribution >= 4 is 22.9 Å². The molecule has 114 valence electrons. The Morgan fingerprint density at radius 3 is 2.80 bits per heavy atom. The van der Waals surface area contributed by atoms with E-state index in [2.05, 4.69) is 30.6 Å². The van der Waals surface area contributed by atoms with E-state index in [1.54, 1.807) is 0 Å². The summed E-state index contributed by atoms with van der Waals surface area (Å²) in [5.74, 6) is 2.36. The summed E-state index contributed by atoms with van der Waals surface area (Å²) in [6.07, 6.45) is 8.02. The minimum absolute atomic E-state index is 0.678. The van der Waals surface area contributed by atoms with Crippen LogP contribution in [0.15, 0.2) is 11.4 Å². The van der Waals surface area contributed by atoms with Crippen LogP contribution in [-0.4, -0.2) is 13.1 Å². The van der Waals surface area contributed by atoms with E-state index in [1.807, 2.05) is 11.3 Å². The summed E-state index contributed by atoms with van der Waals surface area (Å²) < 4.78 is 0. The first-order valence-electron chi connectivity index (χ1n) is 8.19. The Labute approximate surface area is 133 Å². The third-order valence-corrected chi connectivity index (χ3v) is 6.10. The van der Waals surface area contributed by atoms with E-state index in [0.29, 0.717) is 5.92 Å². The van der Waals surface area contributed by atoms with Gasteiger partial charge in [-0.15, -0.1) is 11.3 Å². The molecular weight excluding hydrogens is 286 g/mol. The van der Waals surface area contributed by atoms with Gasteiger partial charge in [0, 0.05) is 4.88 Å². The Bertz CT molecular complexity index is 390. The normalized spacial score (nSPS) is 26.9. The largest absolute Gasteiger partial charge is 0.316 e. The van der Waals surface area contributed by atoms with E-state index in [0.717, 1.165) is 29.9 Å². The molecule has 3 atom stereocenters. The summed E-state index contributed by atoms with van der Waals surface area (Å²) in [4.78, 5) is 1.44. The van der Waals surface area contributed by atoms with Crippen LogP contribution in [0.3, 0.4) is 0 Å². The fraction of sp³-hybridized carbons (Fsp3) is 0.765. The van der Waals surface area contributed by atoms with Gasteiger partial charge in [-0.3, -0.25) is 0 Å². The van der Waals surface area contributed by atoms with Gasteiger partial charge in [0.05, 0.1) is 5.02 Å². The third kappa shape index (κ3) is 4.22. The first kappa shape index (κ1) is 16.3. The monoisotopic (exact) mass is 313 g/mol. The van der Waals surface area contributed by atoms with Crippen molar-refractivity contribution in [3.05, 3.63) is 21.3 Å². The van der Waals surface area contributed by atoms with Crippen LogP contribution >= 0.6 is 22.9 Å². The minimum Gasteiger partial charge on any atom is -0.316 e. The standard InChI is InChI=1S/C17H28ClNS/c1-3-5-13-6-7-14(12-19-9-4-2)15(11-13)17-16(18)8-10-20-17/h8,10,13-15,19H,3-7,9,11-12H2,1-2H3. The summed E-state index contributed by atoms with van der Waals surface area (Å²) in [5.41, 5.74) is 0. The molecule has 20 heavy (non-hydrogen) atoms. The maximum atomic E-state index is 6.41. The second kappa shape index (κ2) is 8.41. The SMILES string of the molecule is CCCNCC1CCC(CCC)CC1c1sccc1Cl. The maximum absolute atomic E-state index is 6.41. The third-order valence-electron chi connectivity index (χ3n) is 4.61. The van der Waals surface area contributed by atoms with E-state index in [4.69, 9.17) is 11.6 Å². The first-order chi connectivity index (χ1) is 9.76. The van der Waals surface area contributed by atoms with Crippen LogP contribution in [0.25, 0.3) is 0 Å². The van der Waals surface area contributed by atoms with Crippen LogP contribution in [0, 0.1) is 11.8 Å². The van der Waals surface area contributed by atoms with Crippen LogP contribution in [0.1, 0.15) is 63.2 Å². The molecule has 0 bridgehead atoms. The molecule has 0 spiro atoms. The smallest absolute Gasteiger partial charge is 0.0547 e. The van der Waals surface area contributed by atoms with Crippen molar-refractivity contribution in [2.24, 2.45) is 11.8 Å². The molecular formula is C17H28ClNS. The number of hydrogen-bond donors (Lipinski definition) is 1. The highest BCUT2D eigenvalue weighted by molar-refractivity contribution is 7.10. The van der Waals surface area contributed by atoms with Crippen LogP contribution in [0.4, 0.5) is 0 Å². The average Bonchev–Trinajstić information content (AvgIpc) is 2.87.